The van der Waals surface area contributed by atoms with E-state index >= 15 is 0 Å². The number of amides is 1. The summed E-state index contributed by atoms with van der Waals surface area (Å²) in [4.78, 5) is 12.2. The summed E-state index contributed by atoms with van der Waals surface area (Å²) in [6, 6.07) is 9.66. The van der Waals surface area contributed by atoms with Crippen LogP contribution in [0.2, 0.25) is 5.02 Å². The molecule has 20 heavy (non-hydrogen) atoms. The number of anilines is 1. The van der Waals surface area contributed by atoms with Gasteiger partial charge in [0.2, 0.25) is 0 Å². The van der Waals surface area contributed by atoms with E-state index in [1.165, 1.54) is 12.1 Å². The number of hydrogen-bond acceptors (Lipinski definition) is 5. The second-order valence-corrected chi connectivity index (χ2v) is 4.96. The van der Waals surface area contributed by atoms with E-state index in [4.69, 9.17) is 11.6 Å². The molecule has 0 aliphatic heterocycles. The van der Waals surface area contributed by atoms with E-state index in [0.717, 1.165) is 11.7 Å². The van der Waals surface area contributed by atoms with Crippen LogP contribution in [-0.4, -0.2) is 19.8 Å². The Bertz CT molecular complexity index is 803. The second kappa shape index (κ2) is 5.07. The molecule has 3 aromatic rings. The van der Waals surface area contributed by atoms with Crippen LogP contribution in [0.3, 0.4) is 0 Å². The molecule has 0 spiro atoms. The maximum absolute atomic E-state index is 12.2. The molecule has 1 aromatic heterocycles. The zero-order valence-corrected chi connectivity index (χ0v) is 11.6. The molecule has 2 N–H and O–H groups in total. The van der Waals surface area contributed by atoms with Crippen LogP contribution in [0.4, 0.5) is 5.69 Å². The van der Waals surface area contributed by atoms with Crippen molar-refractivity contribution in [3.8, 4) is 5.75 Å². The molecule has 0 saturated heterocycles. The summed E-state index contributed by atoms with van der Waals surface area (Å²) in [5.41, 5.74) is 1.76. The smallest absolute Gasteiger partial charge is 0.259 e. The Morgan fingerprint density at radius 1 is 1.20 bits per heavy atom. The van der Waals surface area contributed by atoms with Gasteiger partial charge in [-0.2, -0.15) is 8.75 Å². The standard InChI is InChI=1S/C13H8ClN3O2S/c14-8-5-6-9-12(17-20-16-9)11(8)15-13(19)7-3-1-2-4-10(7)18/h1-6,18H,(H,15,19). The Morgan fingerprint density at radius 3 is 2.80 bits per heavy atom. The lowest BCUT2D eigenvalue weighted by atomic mass is 10.2. The van der Waals surface area contributed by atoms with Gasteiger partial charge in [-0.05, 0) is 24.3 Å². The fraction of sp³-hybridized carbons (Fsp3) is 0. The number of phenolic OH excluding ortho intramolecular Hbond substituents is 1. The molecule has 0 bridgehead atoms. The number of benzene rings is 2. The van der Waals surface area contributed by atoms with Crippen molar-refractivity contribution in [3.05, 3.63) is 47.0 Å². The van der Waals surface area contributed by atoms with Gasteiger partial charge in [-0.25, -0.2) is 0 Å². The predicted octanol–water partition coefficient (Wildman–Crippen LogP) is 3.30. The van der Waals surface area contributed by atoms with Gasteiger partial charge in [0.25, 0.3) is 5.91 Å². The van der Waals surface area contributed by atoms with Crippen molar-refractivity contribution in [2.45, 2.75) is 0 Å². The number of carbonyl (C=O) groups is 1. The number of aromatic nitrogens is 2. The zero-order valence-electron chi connectivity index (χ0n) is 10.0. The SMILES string of the molecule is O=C(Nc1c(Cl)ccc2nsnc12)c1ccccc1O. The number of phenols is 1. The number of para-hydroxylation sites is 1. The van der Waals surface area contributed by atoms with E-state index in [9.17, 15) is 9.90 Å². The van der Waals surface area contributed by atoms with E-state index in [0.29, 0.717) is 21.7 Å². The number of rotatable bonds is 2. The van der Waals surface area contributed by atoms with E-state index in [1.807, 2.05) is 0 Å². The maximum Gasteiger partial charge on any atom is 0.259 e. The summed E-state index contributed by atoms with van der Waals surface area (Å²) in [6.07, 6.45) is 0. The first-order chi connectivity index (χ1) is 9.66. The minimum absolute atomic E-state index is 0.0929. The number of carbonyl (C=O) groups excluding carboxylic acids is 1. The van der Waals surface area contributed by atoms with Crippen LogP contribution < -0.4 is 5.32 Å². The van der Waals surface area contributed by atoms with Crippen LogP contribution in [0.5, 0.6) is 5.75 Å². The fourth-order valence-electron chi connectivity index (χ4n) is 1.79. The molecule has 3 rings (SSSR count). The minimum Gasteiger partial charge on any atom is -0.507 e. The lowest BCUT2D eigenvalue weighted by Gasteiger charge is -2.08. The van der Waals surface area contributed by atoms with Crippen molar-refractivity contribution >= 4 is 46.0 Å². The third-order valence-electron chi connectivity index (χ3n) is 2.76. The molecule has 1 heterocycles. The first-order valence-corrected chi connectivity index (χ1v) is 6.78. The topological polar surface area (TPSA) is 75.1 Å². The molecule has 2 aromatic carbocycles. The second-order valence-electron chi connectivity index (χ2n) is 4.03. The van der Waals surface area contributed by atoms with E-state index < -0.39 is 5.91 Å². The quantitative estimate of drug-likeness (QED) is 0.761. The third kappa shape index (κ3) is 2.19. The zero-order chi connectivity index (χ0) is 14.1. The number of nitrogens with zero attached hydrogens (tertiary/aromatic N) is 2. The molecule has 0 saturated carbocycles. The summed E-state index contributed by atoms with van der Waals surface area (Å²) in [5, 5.41) is 12.7. The minimum atomic E-state index is -0.453. The average Bonchev–Trinajstić information content (AvgIpc) is 2.91. The Balaban J connectivity index is 2.01. The molecule has 100 valence electrons. The maximum atomic E-state index is 12.2. The highest BCUT2D eigenvalue weighted by Crippen LogP contribution is 2.30. The largest absolute Gasteiger partial charge is 0.507 e. The predicted molar refractivity (Wildman–Crippen MR) is 78.5 cm³/mol. The van der Waals surface area contributed by atoms with Gasteiger partial charge in [-0.15, -0.1) is 0 Å². The van der Waals surface area contributed by atoms with Crippen LogP contribution in [0, 0.1) is 0 Å². The Hall–Kier alpha value is -2.18. The number of aromatic hydroxyl groups is 1. The molecule has 0 unspecified atom stereocenters. The van der Waals surface area contributed by atoms with Gasteiger partial charge in [0.05, 0.1) is 28.0 Å². The first kappa shape index (κ1) is 12.8. The monoisotopic (exact) mass is 305 g/mol. The summed E-state index contributed by atoms with van der Waals surface area (Å²) in [7, 11) is 0. The van der Waals surface area contributed by atoms with Gasteiger partial charge in [0.1, 0.15) is 16.8 Å². The van der Waals surface area contributed by atoms with Gasteiger partial charge in [0.15, 0.2) is 0 Å². The molecule has 0 atom stereocenters. The van der Waals surface area contributed by atoms with Crippen LogP contribution in [0.1, 0.15) is 10.4 Å². The highest BCUT2D eigenvalue weighted by molar-refractivity contribution is 7.00. The van der Waals surface area contributed by atoms with Crippen LogP contribution in [-0.2, 0) is 0 Å². The van der Waals surface area contributed by atoms with Crippen molar-refractivity contribution in [1.29, 1.82) is 0 Å². The van der Waals surface area contributed by atoms with Gasteiger partial charge >= 0.3 is 0 Å². The number of nitrogens with one attached hydrogen (secondary N) is 1. The van der Waals surface area contributed by atoms with Crippen molar-refractivity contribution in [3.63, 3.8) is 0 Å². The van der Waals surface area contributed by atoms with Crippen LogP contribution in [0.15, 0.2) is 36.4 Å². The molecule has 0 radical (unpaired) electrons. The third-order valence-corrected chi connectivity index (χ3v) is 3.62. The number of fused-ring (bicyclic) bond motifs is 1. The van der Waals surface area contributed by atoms with Crippen LogP contribution in [0.25, 0.3) is 11.0 Å². The number of halogens is 1. The molecule has 0 aliphatic rings. The van der Waals surface area contributed by atoms with E-state index in [1.54, 1.807) is 24.3 Å². The highest BCUT2D eigenvalue weighted by atomic mass is 35.5. The van der Waals surface area contributed by atoms with Gasteiger partial charge in [0, 0.05) is 0 Å². The van der Waals surface area contributed by atoms with Gasteiger partial charge in [-0.1, -0.05) is 23.7 Å². The Morgan fingerprint density at radius 2 is 2.00 bits per heavy atom. The number of hydrogen-bond donors (Lipinski definition) is 2. The molecule has 1 amide bonds. The molecule has 0 fully saturated rings. The molecular formula is C13H8ClN3O2S. The lowest BCUT2D eigenvalue weighted by Crippen LogP contribution is -2.12. The summed E-state index contributed by atoms with van der Waals surface area (Å²) < 4.78 is 8.21. The molecule has 5 nitrogen and oxygen atoms in total. The van der Waals surface area contributed by atoms with Gasteiger partial charge in [-0.3, -0.25) is 4.79 Å². The van der Waals surface area contributed by atoms with E-state index in [2.05, 4.69) is 14.1 Å². The van der Waals surface area contributed by atoms with Crippen molar-refractivity contribution in [1.82, 2.24) is 8.75 Å². The van der Waals surface area contributed by atoms with Crippen molar-refractivity contribution < 1.29 is 9.90 Å². The van der Waals surface area contributed by atoms with Gasteiger partial charge < -0.3 is 10.4 Å². The lowest BCUT2D eigenvalue weighted by molar-refractivity contribution is 0.102. The molecule has 7 heteroatoms. The fourth-order valence-corrected chi connectivity index (χ4v) is 2.53. The molecular weight excluding hydrogens is 298 g/mol. The normalized spacial score (nSPS) is 10.7. The van der Waals surface area contributed by atoms with E-state index in [-0.39, 0.29) is 11.3 Å². The first-order valence-electron chi connectivity index (χ1n) is 5.67. The molecule has 0 aliphatic carbocycles. The van der Waals surface area contributed by atoms with Crippen molar-refractivity contribution in [2.75, 3.05) is 5.32 Å². The summed E-state index contributed by atoms with van der Waals surface area (Å²) >= 11 is 7.13. The van der Waals surface area contributed by atoms with Crippen molar-refractivity contribution in [2.24, 2.45) is 0 Å². The van der Waals surface area contributed by atoms with Crippen LogP contribution >= 0.6 is 23.3 Å². The summed E-state index contributed by atoms with van der Waals surface area (Å²) in [5.74, 6) is -0.546. The average molecular weight is 306 g/mol. The highest BCUT2D eigenvalue weighted by Gasteiger charge is 2.16. The summed E-state index contributed by atoms with van der Waals surface area (Å²) in [6.45, 7) is 0. The Kier molecular flexibility index (Phi) is 3.25. The Labute approximate surface area is 123 Å².